The first-order valence-corrected chi connectivity index (χ1v) is 14.2. The highest BCUT2D eigenvalue weighted by atomic mass is 16.5. The topological polar surface area (TPSA) is 140 Å². The third-order valence-electron chi connectivity index (χ3n) is 8.09. The second kappa shape index (κ2) is 13.1. The Hall–Kier alpha value is -4.74. The van der Waals surface area contributed by atoms with E-state index in [1.807, 2.05) is 55.5 Å². The lowest BCUT2D eigenvalue weighted by Gasteiger charge is -2.22. The molecule has 1 saturated carbocycles. The molecule has 0 aliphatic heterocycles. The van der Waals surface area contributed by atoms with E-state index in [0.29, 0.717) is 40.9 Å². The number of para-hydroxylation sites is 1. The quantitative estimate of drug-likeness (QED) is 0.170. The molecule has 0 spiro atoms. The molecule has 4 aromatic rings. The molecule has 0 unspecified atom stereocenters. The Bertz CT molecular complexity index is 1650. The minimum Gasteiger partial charge on any atom is -0.385 e. The summed E-state index contributed by atoms with van der Waals surface area (Å²) in [7, 11) is 3.22. The summed E-state index contributed by atoms with van der Waals surface area (Å²) in [6, 6.07) is 20.6. The number of rotatable bonds is 9. The number of nitrogens with zero attached hydrogens (tertiary/aromatic N) is 3. The average Bonchev–Trinajstić information content (AvgIpc) is 3.58. The van der Waals surface area contributed by atoms with Gasteiger partial charge in [-0.2, -0.15) is 5.10 Å². The van der Waals surface area contributed by atoms with Crippen molar-refractivity contribution in [2.75, 3.05) is 19.0 Å². The van der Waals surface area contributed by atoms with Gasteiger partial charge in [-0.25, -0.2) is 15.0 Å². The van der Waals surface area contributed by atoms with Crippen molar-refractivity contribution in [1.82, 2.24) is 25.1 Å². The minimum absolute atomic E-state index is 0.0691. The fraction of sp³-hybridized carbons (Fsp3) is 0.312. The van der Waals surface area contributed by atoms with E-state index in [0.717, 1.165) is 19.3 Å². The Morgan fingerprint density at radius 2 is 1.77 bits per heavy atom. The van der Waals surface area contributed by atoms with Crippen molar-refractivity contribution < 1.29 is 19.5 Å². The number of pyridine rings is 1. The van der Waals surface area contributed by atoms with Crippen LogP contribution in [-0.2, 0) is 11.8 Å². The Morgan fingerprint density at radius 3 is 2.44 bits per heavy atom. The number of amides is 3. The number of aryl methyl sites for hydroxylation is 1. The maximum atomic E-state index is 13.6. The number of benzene rings is 2. The molecule has 11 heteroatoms. The number of hydrogen-bond acceptors (Lipinski definition) is 6. The van der Waals surface area contributed by atoms with E-state index in [1.54, 1.807) is 18.0 Å². The van der Waals surface area contributed by atoms with Crippen molar-refractivity contribution in [3.63, 3.8) is 0 Å². The van der Waals surface area contributed by atoms with Gasteiger partial charge in [-0.1, -0.05) is 48.5 Å². The van der Waals surface area contributed by atoms with E-state index >= 15 is 0 Å². The zero-order valence-electron chi connectivity index (χ0n) is 24.4. The van der Waals surface area contributed by atoms with Crippen LogP contribution < -0.4 is 21.7 Å². The fourth-order valence-electron chi connectivity index (χ4n) is 5.94. The normalized spacial score (nSPS) is 17.9. The van der Waals surface area contributed by atoms with Gasteiger partial charge in [0, 0.05) is 50.0 Å². The SMILES string of the molecule is COCC[C@@H]1C[C@@H](NC(=O)Nc2c(C)c(-c3cc(C(=O)NO)c(=O)n(C)c3)nn2-c2ccccc2)[C@H](c2ccccc2)C1. The zero-order valence-corrected chi connectivity index (χ0v) is 24.4. The molecular formula is C32H36N6O5. The standard InChI is InChI=1S/C32H36N6O5/c1-20-28(23-18-26(30(39)36-42)31(40)37(2)19-23)35-38(24-12-8-5-9-13-24)29(20)34-32(41)33-27-17-21(14-15-43-3)16-25(27)22-10-6-4-7-11-22/h4-13,18-19,21,25,27,42H,14-17H2,1-3H3,(H,36,39)(H2,33,34,41)/t21-,25-,27+/m0/s1. The van der Waals surface area contributed by atoms with Crippen LogP contribution in [0, 0.1) is 12.8 Å². The van der Waals surface area contributed by atoms with Crippen LogP contribution in [0.15, 0.2) is 77.7 Å². The first-order chi connectivity index (χ1) is 20.8. The third kappa shape index (κ3) is 6.37. The van der Waals surface area contributed by atoms with Crippen molar-refractivity contribution in [2.24, 2.45) is 13.0 Å². The molecule has 11 nitrogen and oxygen atoms in total. The molecule has 0 radical (unpaired) electrons. The van der Waals surface area contributed by atoms with Crippen LogP contribution in [0.5, 0.6) is 0 Å². The van der Waals surface area contributed by atoms with Gasteiger partial charge in [0.05, 0.1) is 11.4 Å². The smallest absolute Gasteiger partial charge is 0.320 e. The summed E-state index contributed by atoms with van der Waals surface area (Å²) in [4.78, 5) is 38.4. The Balaban J connectivity index is 1.48. The second-order valence-electron chi connectivity index (χ2n) is 10.9. The van der Waals surface area contributed by atoms with Crippen LogP contribution in [0.1, 0.15) is 46.7 Å². The molecule has 0 bridgehead atoms. The van der Waals surface area contributed by atoms with Gasteiger partial charge < -0.3 is 14.6 Å². The third-order valence-corrected chi connectivity index (χ3v) is 8.09. The molecule has 1 aliphatic carbocycles. The van der Waals surface area contributed by atoms with Gasteiger partial charge in [-0.15, -0.1) is 0 Å². The van der Waals surface area contributed by atoms with Crippen LogP contribution in [0.2, 0.25) is 0 Å². The first kappa shape index (κ1) is 29.7. The summed E-state index contributed by atoms with van der Waals surface area (Å²) in [6.45, 7) is 2.49. The minimum atomic E-state index is -0.923. The molecular weight excluding hydrogens is 548 g/mol. The van der Waals surface area contributed by atoms with Gasteiger partial charge in [-0.05, 0) is 55.9 Å². The first-order valence-electron chi connectivity index (χ1n) is 14.2. The number of methoxy groups -OCH3 is 1. The number of nitrogens with one attached hydrogen (secondary N) is 3. The monoisotopic (exact) mass is 584 g/mol. The van der Waals surface area contributed by atoms with Gasteiger partial charge in [0.25, 0.3) is 11.5 Å². The molecule has 3 amide bonds. The number of urea groups is 1. The summed E-state index contributed by atoms with van der Waals surface area (Å²) in [6.07, 6.45) is 4.29. The van der Waals surface area contributed by atoms with E-state index in [2.05, 4.69) is 22.8 Å². The maximum absolute atomic E-state index is 13.6. The molecule has 224 valence electrons. The van der Waals surface area contributed by atoms with Crippen LogP contribution >= 0.6 is 0 Å². The number of ether oxygens (including phenoxy) is 1. The molecule has 2 heterocycles. The number of carbonyl (C=O) groups is 2. The highest BCUT2D eigenvalue weighted by Crippen LogP contribution is 2.40. The van der Waals surface area contributed by atoms with Crippen molar-refractivity contribution >= 4 is 17.8 Å². The van der Waals surface area contributed by atoms with Crippen LogP contribution in [0.4, 0.5) is 10.6 Å². The summed E-state index contributed by atoms with van der Waals surface area (Å²) >= 11 is 0. The summed E-state index contributed by atoms with van der Waals surface area (Å²) in [5, 5.41) is 20.2. The number of anilines is 1. The lowest BCUT2D eigenvalue weighted by Crippen LogP contribution is -2.40. The summed E-state index contributed by atoms with van der Waals surface area (Å²) in [5.41, 5.74) is 4.20. The lowest BCUT2D eigenvalue weighted by molar-refractivity contribution is 0.0704. The van der Waals surface area contributed by atoms with E-state index in [9.17, 15) is 14.4 Å². The zero-order chi connectivity index (χ0) is 30.5. The highest BCUT2D eigenvalue weighted by Gasteiger charge is 2.36. The molecule has 5 rings (SSSR count). The van der Waals surface area contributed by atoms with Gasteiger partial charge >= 0.3 is 6.03 Å². The van der Waals surface area contributed by atoms with Gasteiger partial charge in [0.2, 0.25) is 0 Å². The van der Waals surface area contributed by atoms with Crippen molar-refractivity contribution in [3.05, 3.63) is 100.0 Å². The number of aromatic nitrogens is 3. The highest BCUT2D eigenvalue weighted by molar-refractivity contribution is 5.95. The Labute approximate surface area is 249 Å². The van der Waals surface area contributed by atoms with Gasteiger partial charge in [0.15, 0.2) is 0 Å². The number of hydroxylamine groups is 1. The van der Waals surface area contributed by atoms with Crippen LogP contribution in [0.25, 0.3) is 16.9 Å². The maximum Gasteiger partial charge on any atom is 0.320 e. The molecule has 2 aromatic heterocycles. The van der Waals surface area contributed by atoms with Crippen LogP contribution in [-0.4, -0.2) is 51.3 Å². The number of carbonyl (C=O) groups excluding carboxylic acids is 2. The molecule has 43 heavy (non-hydrogen) atoms. The van der Waals surface area contributed by atoms with Crippen LogP contribution in [0.3, 0.4) is 0 Å². The van der Waals surface area contributed by atoms with Gasteiger partial charge in [0.1, 0.15) is 11.4 Å². The molecule has 0 saturated heterocycles. The van der Waals surface area contributed by atoms with Crippen molar-refractivity contribution in [3.8, 4) is 16.9 Å². The largest absolute Gasteiger partial charge is 0.385 e. The molecule has 3 atom stereocenters. The molecule has 1 fully saturated rings. The second-order valence-corrected chi connectivity index (χ2v) is 10.9. The summed E-state index contributed by atoms with van der Waals surface area (Å²) < 4.78 is 8.21. The Kier molecular flexibility index (Phi) is 9.03. The molecule has 2 aromatic carbocycles. The fourth-order valence-corrected chi connectivity index (χ4v) is 5.94. The molecule has 4 N–H and O–H groups in total. The molecule has 1 aliphatic rings. The number of hydrogen-bond donors (Lipinski definition) is 4. The predicted molar refractivity (Wildman–Crippen MR) is 163 cm³/mol. The predicted octanol–water partition coefficient (Wildman–Crippen LogP) is 4.39. The van der Waals surface area contributed by atoms with E-state index < -0.39 is 11.5 Å². The van der Waals surface area contributed by atoms with Crippen molar-refractivity contribution in [1.29, 1.82) is 0 Å². The lowest BCUT2D eigenvalue weighted by atomic mass is 9.93. The van der Waals surface area contributed by atoms with E-state index in [1.165, 1.54) is 28.7 Å². The van der Waals surface area contributed by atoms with Crippen molar-refractivity contribution in [2.45, 2.75) is 38.1 Å². The van der Waals surface area contributed by atoms with E-state index in [-0.39, 0.29) is 23.6 Å². The Morgan fingerprint density at radius 1 is 1.07 bits per heavy atom. The average molecular weight is 585 g/mol. The van der Waals surface area contributed by atoms with Gasteiger partial charge in [-0.3, -0.25) is 20.1 Å². The van der Waals surface area contributed by atoms with E-state index in [4.69, 9.17) is 15.0 Å². The summed E-state index contributed by atoms with van der Waals surface area (Å²) in [5.74, 6) is 0.124.